The highest BCUT2D eigenvalue weighted by atomic mass is 19.4. The minimum absolute atomic E-state index is 0.0455. The van der Waals surface area contributed by atoms with Crippen LogP contribution in [-0.2, 0) is 6.18 Å². The molecular formula is C13H8F4N2O. The van der Waals surface area contributed by atoms with E-state index in [1.165, 1.54) is 18.2 Å². The Morgan fingerprint density at radius 3 is 2.45 bits per heavy atom. The zero-order valence-electron chi connectivity index (χ0n) is 9.91. The van der Waals surface area contributed by atoms with Gasteiger partial charge in [-0.15, -0.1) is 0 Å². The van der Waals surface area contributed by atoms with E-state index in [9.17, 15) is 22.4 Å². The third-order valence-electron chi connectivity index (χ3n) is 2.40. The second kappa shape index (κ2) is 5.28. The van der Waals surface area contributed by atoms with Crippen LogP contribution in [0, 0.1) is 5.95 Å². The summed E-state index contributed by atoms with van der Waals surface area (Å²) in [5.74, 6) is -1.63. The van der Waals surface area contributed by atoms with Gasteiger partial charge in [0, 0.05) is 5.69 Å². The van der Waals surface area contributed by atoms with Crippen molar-refractivity contribution in [3.63, 3.8) is 0 Å². The van der Waals surface area contributed by atoms with E-state index in [0.29, 0.717) is 0 Å². The molecule has 1 aromatic carbocycles. The predicted molar refractivity (Wildman–Crippen MR) is 63.6 cm³/mol. The minimum atomic E-state index is -4.50. The molecule has 7 heteroatoms. The molecule has 0 spiro atoms. The largest absolute Gasteiger partial charge is 0.416 e. The van der Waals surface area contributed by atoms with Gasteiger partial charge in [-0.3, -0.25) is 4.79 Å². The zero-order valence-corrected chi connectivity index (χ0v) is 9.91. The van der Waals surface area contributed by atoms with E-state index in [0.717, 1.165) is 24.3 Å². The Kier molecular flexibility index (Phi) is 3.69. The molecule has 0 aliphatic carbocycles. The number of aromatic nitrogens is 1. The summed E-state index contributed by atoms with van der Waals surface area (Å²) in [6.45, 7) is 0. The van der Waals surface area contributed by atoms with E-state index in [-0.39, 0.29) is 11.4 Å². The lowest BCUT2D eigenvalue weighted by atomic mass is 10.2. The summed E-state index contributed by atoms with van der Waals surface area (Å²) in [7, 11) is 0. The number of hydrogen-bond donors (Lipinski definition) is 1. The molecule has 1 aromatic heterocycles. The monoisotopic (exact) mass is 284 g/mol. The summed E-state index contributed by atoms with van der Waals surface area (Å²) in [4.78, 5) is 15.0. The number of amides is 1. The van der Waals surface area contributed by atoms with Crippen LogP contribution in [0.15, 0.2) is 42.5 Å². The first-order valence-corrected chi connectivity index (χ1v) is 5.47. The molecule has 0 fully saturated rings. The quantitative estimate of drug-likeness (QED) is 0.677. The van der Waals surface area contributed by atoms with Crippen LogP contribution in [-0.4, -0.2) is 10.9 Å². The van der Waals surface area contributed by atoms with Crippen LogP contribution in [0.25, 0.3) is 0 Å². The molecule has 1 heterocycles. The zero-order chi connectivity index (χ0) is 14.8. The lowest BCUT2D eigenvalue weighted by Gasteiger charge is -2.09. The Morgan fingerprint density at radius 2 is 1.80 bits per heavy atom. The fraction of sp³-hybridized carbons (Fsp3) is 0.0769. The number of halogens is 4. The number of benzene rings is 1. The van der Waals surface area contributed by atoms with Gasteiger partial charge < -0.3 is 5.32 Å². The van der Waals surface area contributed by atoms with Crippen molar-refractivity contribution in [2.45, 2.75) is 6.18 Å². The first-order chi connectivity index (χ1) is 9.36. The Morgan fingerprint density at radius 1 is 1.10 bits per heavy atom. The SMILES string of the molecule is O=C(Nc1cccc(C(F)(F)F)c1)c1cccc(F)n1. The Hall–Kier alpha value is -2.44. The fourth-order valence-electron chi connectivity index (χ4n) is 1.50. The van der Waals surface area contributed by atoms with Gasteiger partial charge in [0.05, 0.1) is 5.56 Å². The van der Waals surface area contributed by atoms with Gasteiger partial charge in [0.1, 0.15) is 5.69 Å². The van der Waals surface area contributed by atoms with E-state index in [4.69, 9.17) is 0 Å². The molecule has 20 heavy (non-hydrogen) atoms. The maximum absolute atomic E-state index is 12.8. The third-order valence-corrected chi connectivity index (χ3v) is 2.40. The predicted octanol–water partition coefficient (Wildman–Crippen LogP) is 3.49. The summed E-state index contributed by atoms with van der Waals surface area (Å²) in [5.41, 5.74) is -1.15. The first kappa shape index (κ1) is 14.0. The molecule has 0 aliphatic heterocycles. The lowest BCUT2D eigenvalue weighted by Crippen LogP contribution is -2.15. The number of carbonyl (C=O) groups excluding carboxylic acids is 1. The molecule has 0 aliphatic rings. The minimum Gasteiger partial charge on any atom is -0.321 e. The smallest absolute Gasteiger partial charge is 0.321 e. The number of nitrogens with one attached hydrogen (secondary N) is 1. The molecular weight excluding hydrogens is 276 g/mol. The highest BCUT2D eigenvalue weighted by molar-refractivity contribution is 6.02. The summed E-state index contributed by atoms with van der Waals surface area (Å²) in [6, 6.07) is 7.73. The average Bonchev–Trinajstić information content (AvgIpc) is 2.38. The van der Waals surface area contributed by atoms with Gasteiger partial charge in [-0.05, 0) is 30.3 Å². The van der Waals surface area contributed by atoms with Gasteiger partial charge in [0.15, 0.2) is 0 Å². The van der Waals surface area contributed by atoms with Crippen LogP contribution in [0.3, 0.4) is 0 Å². The Bertz CT molecular complexity index is 640. The molecule has 0 bridgehead atoms. The standard InChI is InChI=1S/C13H8F4N2O/c14-11-6-2-5-10(19-11)12(20)18-9-4-1-3-8(7-9)13(15,16)17/h1-7H,(H,18,20). The van der Waals surface area contributed by atoms with E-state index < -0.39 is 23.6 Å². The van der Waals surface area contributed by atoms with E-state index in [1.54, 1.807) is 0 Å². The Labute approximate surface area is 111 Å². The van der Waals surface area contributed by atoms with Gasteiger partial charge in [-0.25, -0.2) is 4.98 Å². The molecule has 3 nitrogen and oxygen atoms in total. The molecule has 0 saturated carbocycles. The number of hydrogen-bond acceptors (Lipinski definition) is 2. The highest BCUT2D eigenvalue weighted by Crippen LogP contribution is 2.30. The van der Waals surface area contributed by atoms with Crippen LogP contribution < -0.4 is 5.32 Å². The van der Waals surface area contributed by atoms with Crippen LogP contribution >= 0.6 is 0 Å². The Balaban J connectivity index is 2.20. The van der Waals surface area contributed by atoms with E-state index in [1.807, 2.05) is 0 Å². The average molecular weight is 284 g/mol. The third kappa shape index (κ3) is 3.31. The molecule has 1 N–H and O–H groups in total. The second-order valence-electron chi connectivity index (χ2n) is 3.88. The van der Waals surface area contributed by atoms with Gasteiger partial charge >= 0.3 is 6.18 Å². The molecule has 2 aromatic rings. The topological polar surface area (TPSA) is 42.0 Å². The van der Waals surface area contributed by atoms with Gasteiger partial charge in [0.2, 0.25) is 5.95 Å². The molecule has 104 valence electrons. The van der Waals surface area contributed by atoms with Crippen molar-refractivity contribution in [1.29, 1.82) is 0 Å². The number of pyridine rings is 1. The van der Waals surface area contributed by atoms with Crippen molar-refractivity contribution in [2.75, 3.05) is 5.32 Å². The maximum atomic E-state index is 12.8. The molecule has 2 rings (SSSR count). The normalized spacial score (nSPS) is 11.2. The number of rotatable bonds is 2. The van der Waals surface area contributed by atoms with Crippen molar-refractivity contribution in [1.82, 2.24) is 4.98 Å². The summed E-state index contributed by atoms with van der Waals surface area (Å²) >= 11 is 0. The lowest BCUT2D eigenvalue weighted by molar-refractivity contribution is -0.137. The summed E-state index contributed by atoms with van der Waals surface area (Å²) in [6.07, 6.45) is -4.50. The van der Waals surface area contributed by atoms with Crippen molar-refractivity contribution in [2.24, 2.45) is 0 Å². The van der Waals surface area contributed by atoms with Gasteiger partial charge in [-0.2, -0.15) is 17.6 Å². The van der Waals surface area contributed by atoms with Crippen molar-refractivity contribution in [3.05, 3.63) is 59.7 Å². The summed E-state index contributed by atoms with van der Waals surface area (Å²) < 4.78 is 50.4. The van der Waals surface area contributed by atoms with Crippen LogP contribution in [0.5, 0.6) is 0 Å². The van der Waals surface area contributed by atoms with Crippen molar-refractivity contribution >= 4 is 11.6 Å². The molecule has 0 radical (unpaired) electrons. The second-order valence-corrected chi connectivity index (χ2v) is 3.88. The number of carbonyl (C=O) groups is 1. The number of alkyl halides is 3. The molecule has 1 amide bonds. The van der Waals surface area contributed by atoms with Crippen LogP contribution in [0.4, 0.5) is 23.2 Å². The number of anilines is 1. The van der Waals surface area contributed by atoms with Gasteiger partial charge in [-0.1, -0.05) is 12.1 Å². The van der Waals surface area contributed by atoms with Crippen LogP contribution in [0.1, 0.15) is 16.1 Å². The van der Waals surface area contributed by atoms with Crippen molar-refractivity contribution < 1.29 is 22.4 Å². The van der Waals surface area contributed by atoms with E-state index in [2.05, 4.69) is 10.3 Å². The fourth-order valence-corrected chi connectivity index (χ4v) is 1.50. The summed E-state index contributed by atoms with van der Waals surface area (Å²) in [5, 5.41) is 2.23. The molecule has 0 saturated heterocycles. The van der Waals surface area contributed by atoms with Crippen molar-refractivity contribution in [3.8, 4) is 0 Å². The molecule has 0 atom stereocenters. The maximum Gasteiger partial charge on any atom is 0.416 e. The molecule has 0 unspecified atom stereocenters. The first-order valence-electron chi connectivity index (χ1n) is 5.47. The number of nitrogens with zero attached hydrogens (tertiary/aromatic N) is 1. The van der Waals surface area contributed by atoms with E-state index >= 15 is 0 Å². The van der Waals surface area contributed by atoms with Gasteiger partial charge in [0.25, 0.3) is 5.91 Å². The highest BCUT2D eigenvalue weighted by Gasteiger charge is 2.30. The van der Waals surface area contributed by atoms with Crippen LogP contribution in [0.2, 0.25) is 0 Å².